The van der Waals surface area contributed by atoms with Crippen LogP contribution in [0.1, 0.15) is 5.56 Å². The molecule has 1 atom stereocenters. The second-order valence-electron chi connectivity index (χ2n) is 6.48. The summed E-state index contributed by atoms with van der Waals surface area (Å²) in [7, 11) is 0. The molecule has 26 heavy (non-hydrogen) atoms. The minimum absolute atomic E-state index is 0.0234. The molecule has 0 bridgehead atoms. The lowest BCUT2D eigenvalue weighted by Gasteiger charge is -2.32. The number of fused-ring (bicyclic) bond motifs is 1. The van der Waals surface area contributed by atoms with E-state index in [0.717, 1.165) is 22.1 Å². The largest absolute Gasteiger partial charge is 0.490 e. The van der Waals surface area contributed by atoms with Crippen LogP contribution in [0.25, 0.3) is 10.8 Å². The number of carbonyl (C=O) groups excluding carboxylic acids is 1. The molecule has 0 radical (unpaired) electrons. The van der Waals surface area contributed by atoms with Gasteiger partial charge in [0.15, 0.2) is 0 Å². The lowest BCUT2D eigenvalue weighted by atomic mass is 10.1. The molecule has 1 fully saturated rings. The van der Waals surface area contributed by atoms with Crippen LogP contribution < -0.4 is 4.74 Å². The van der Waals surface area contributed by atoms with Gasteiger partial charge in [0.05, 0.1) is 6.54 Å². The Morgan fingerprint density at radius 1 is 0.962 bits per heavy atom. The molecule has 4 nitrogen and oxygen atoms in total. The minimum atomic E-state index is -0.129. The Kier molecular flexibility index (Phi) is 4.84. The van der Waals surface area contributed by atoms with Gasteiger partial charge in [-0.05, 0) is 17.0 Å². The molecule has 1 heterocycles. The maximum absolute atomic E-state index is 12.2. The number of rotatable bonds is 5. The Hall–Kier alpha value is -2.85. The van der Waals surface area contributed by atoms with Gasteiger partial charge in [0.2, 0.25) is 5.91 Å². The molecular weight excluding hydrogens is 326 g/mol. The van der Waals surface area contributed by atoms with Crippen molar-refractivity contribution in [3.63, 3.8) is 0 Å². The summed E-state index contributed by atoms with van der Waals surface area (Å²) in [6.07, 6.45) is -0.129. The van der Waals surface area contributed by atoms with E-state index in [1.807, 2.05) is 59.5 Å². The Bertz CT molecular complexity index is 889. The van der Waals surface area contributed by atoms with Crippen molar-refractivity contribution in [3.05, 3.63) is 78.4 Å². The number of amides is 1. The van der Waals surface area contributed by atoms with Gasteiger partial charge in [-0.15, -0.1) is 0 Å². The summed E-state index contributed by atoms with van der Waals surface area (Å²) >= 11 is 0. The summed E-state index contributed by atoms with van der Waals surface area (Å²) in [5.74, 6) is 0.869. The van der Waals surface area contributed by atoms with E-state index in [2.05, 4.69) is 18.2 Å². The standard InChI is InChI=1S/C22H21NO3/c24-22-16-25-19(14-23(22)13-17-7-2-1-3-8-17)15-26-21-12-6-10-18-9-4-5-11-20(18)21/h1-12,19H,13-16H2. The van der Waals surface area contributed by atoms with Crippen LogP contribution in [0.4, 0.5) is 0 Å². The summed E-state index contributed by atoms with van der Waals surface area (Å²) in [5.41, 5.74) is 1.12. The predicted molar refractivity (Wildman–Crippen MR) is 101 cm³/mol. The van der Waals surface area contributed by atoms with E-state index < -0.39 is 0 Å². The third kappa shape index (κ3) is 3.70. The first-order valence-electron chi connectivity index (χ1n) is 8.83. The van der Waals surface area contributed by atoms with Crippen LogP contribution in [-0.4, -0.2) is 36.7 Å². The molecule has 0 saturated carbocycles. The molecule has 3 aromatic carbocycles. The number of nitrogens with zero attached hydrogens (tertiary/aromatic N) is 1. The fraction of sp³-hybridized carbons (Fsp3) is 0.227. The van der Waals surface area contributed by atoms with Crippen molar-refractivity contribution < 1.29 is 14.3 Å². The van der Waals surface area contributed by atoms with Crippen molar-refractivity contribution in [2.45, 2.75) is 12.6 Å². The smallest absolute Gasteiger partial charge is 0.248 e. The molecule has 0 aliphatic carbocycles. The van der Waals surface area contributed by atoms with Crippen molar-refractivity contribution >= 4 is 16.7 Å². The zero-order chi connectivity index (χ0) is 17.8. The summed E-state index contributed by atoms with van der Waals surface area (Å²) in [4.78, 5) is 14.0. The van der Waals surface area contributed by atoms with E-state index in [4.69, 9.17) is 9.47 Å². The number of benzene rings is 3. The first-order chi connectivity index (χ1) is 12.8. The highest BCUT2D eigenvalue weighted by molar-refractivity contribution is 5.88. The van der Waals surface area contributed by atoms with Crippen LogP contribution in [0.2, 0.25) is 0 Å². The molecule has 1 amide bonds. The molecule has 132 valence electrons. The second-order valence-corrected chi connectivity index (χ2v) is 6.48. The molecule has 0 spiro atoms. The number of hydrogen-bond acceptors (Lipinski definition) is 3. The number of carbonyl (C=O) groups is 1. The van der Waals surface area contributed by atoms with Gasteiger partial charge in [0.1, 0.15) is 25.1 Å². The number of ether oxygens (including phenoxy) is 2. The fourth-order valence-corrected chi connectivity index (χ4v) is 3.24. The highest BCUT2D eigenvalue weighted by atomic mass is 16.5. The van der Waals surface area contributed by atoms with Crippen molar-refractivity contribution in [2.75, 3.05) is 19.8 Å². The van der Waals surface area contributed by atoms with E-state index >= 15 is 0 Å². The van der Waals surface area contributed by atoms with Crippen LogP contribution in [0.15, 0.2) is 72.8 Å². The molecule has 1 saturated heterocycles. The van der Waals surface area contributed by atoms with E-state index in [1.165, 1.54) is 0 Å². The fourth-order valence-electron chi connectivity index (χ4n) is 3.24. The molecule has 4 rings (SSSR count). The maximum atomic E-state index is 12.2. The Morgan fingerprint density at radius 3 is 2.62 bits per heavy atom. The van der Waals surface area contributed by atoms with Gasteiger partial charge in [0, 0.05) is 11.9 Å². The average Bonchev–Trinajstić information content (AvgIpc) is 2.69. The van der Waals surface area contributed by atoms with Crippen molar-refractivity contribution in [1.29, 1.82) is 0 Å². The highest BCUT2D eigenvalue weighted by Crippen LogP contribution is 2.25. The maximum Gasteiger partial charge on any atom is 0.248 e. The van der Waals surface area contributed by atoms with Gasteiger partial charge in [-0.25, -0.2) is 0 Å². The van der Waals surface area contributed by atoms with Crippen molar-refractivity contribution in [3.8, 4) is 5.75 Å². The lowest BCUT2D eigenvalue weighted by Crippen LogP contribution is -2.48. The first kappa shape index (κ1) is 16.6. The van der Waals surface area contributed by atoms with Gasteiger partial charge in [-0.3, -0.25) is 4.79 Å². The van der Waals surface area contributed by atoms with E-state index in [9.17, 15) is 4.79 Å². The van der Waals surface area contributed by atoms with E-state index in [0.29, 0.717) is 19.7 Å². The Labute approximate surface area is 153 Å². The summed E-state index contributed by atoms with van der Waals surface area (Å²) < 4.78 is 11.7. The van der Waals surface area contributed by atoms with Crippen LogP contribution in [0.3, 0.4) is 0 Å². The van der Waals surface area contributed by atoms with Gasteiger partial charge in [-0.1, -0.05) is 66.7 Å². The third-order valence-electron chi connectivity index (χ3n) is 4.61. The Morgan fingerprint density at radius 2 is 1.73 bits per heavy atom. The van der Waals surface area contributed by atoms with E-state index in [-0.39, 0.29) is 18.6 Å². The first-order valence-corrected chi connectivity index (χ1v) is 8.83. The predicted octanol–water partition coefficient (Wildman–Crippen LogP) is 3.65. The molecule has 1 aliphatic rings. The zero-order valence-electron chi connectivity index (χ0n) is 14.5. The quantitative estimate of drug-likeness (QED) is 0.707. The average molecular weight is 347 g/mol. The third-order valence-corrected chi connectivity index (χ3v) is 4.61. The topological polar surface area (TPSA) is 38.8 Å². The van der Waals surface area contributed by atoms with Crippen molar-refractivity contribution in [2.24, 2.45) is 0 Å². The molecule has 4 heteroatoms. The molecule has 0 aromatic heterocycles. The zero-order valence-corrected chi connectivity index (χ0v) is 14.5. The normalized spacial score (nSPS) is 17.5. The van der Waals surface area contributed by atoms with E-state index in [1.54, 1.807) is 0 Å². The number of hydrogen-bond donors (Lipinski definition) is 0. The SMILES string of the molecule is O=C1COC(COc2cccc3ccccc23)CN1Cc1ccccc1. The molecule has 1 unspecified atom stereocenters. The monoisotopic (exact) mass is 347 g/mol. The van der Waals surface area contributed by atoms with Crippen LogP contribution in [-0.2, 0) is 16.1 Å². The van der Waals surface area contributed by atoms with Crippen LogP contribution >= 0.6 is 0 Å². The summed E-state index contributed by atoms with van der Waals surface area (Å²) in [6.45, 7) is 1.68. The summed E-state index contributed by atoms with van der Waals surface area (Å²) in [5, 5.41) is 2.23. The van der Waals surface area contributed by atoms with Crippen molar-refractivity contribution in [1.82, 2.24) is 4.90 Å². The molecular formula is C22H21NO3. The molecule has 3 aromatic rings. The van der Waals surface area contributed by atoms with Gasteiger partial charge in [0.25, 0.3) is 0 Å². The minimum Gasteiger partial charge on any atom is -0.490 e. The van der Waals surface area contributed by atoms with Crippen LogP contribution in [0, 0.1) is 0 Å². The lowest BCUT2D eigenvalue weighted by molar-refractivity contribution is -0.151. The Balaban J connectivity index is 1.41. The van der Waals surface area contributed by atoms with Crippen LogP contribution in [0.5, 0.6) is 5.75 Å². The van der Waals surface area contributed by atoms with Gasteiger partial charge < -0.3 is 14.4 Å². The second kappa shape index (κ2) is 7.58. The number of morpholine rings is 1. The highest BCUT2D eigenvalue weighted by Gasteiger charge is 2.26. The summed E-state index contributed by atoms with van der Waals surface area (Å²) in [6, 6.07) is 24.2. The van der Waals surface area contributed by atoms with Gasteiger partial charge >= 0.3 is 0 Å². The molecule has 0 N–H and O–H groups in total. The van der Waals surface area contributed by atoms with Gasteiger partial charge in [-0.2, -0.15) is 0 Å². The molecule has 1 aliphatic heterocycles.